The zero-order valence-electron chi connectivity index (χ0n) is 40.1. The predicted octanol–water partition coefficient (Wildman–Crippen LogP) is 19.0. The van der Waals surface area contributed by atoms with Crippen LogP contribution in [0, 0.1) is 5.92 Å². The van der Waals surface area contributed by atoms with E-state index in [-0.39, 0.29) is 0 Å². The van der Waals surface area contributed by atoms with Gasteiger partial charge in [0.1, 0.15) is 5.82 Å². The molecule has 1 heterocycles. The Morgan fingerprint density at radius 3 is 1.40 bits per heavy atom. The highest BCUT2D eigenvalue weighted by Crippen LogP contribution is 2.48. The van der Waals surface area contributed by atoms with E-state index in [1.807, 2.05) is 0 Å². The van der Waals surface area contributed by atoms with Gasteiger partial charge in [0, 0.05) is 11.3 Å². The zero-order chi connectivity index (χ0) is 48.0. The van der Waals surface area contributed by atoms with E-state index in [9.17, 15) is 0 Å². The van der Waals surface area contributed by atoms with Crippen LogP contribution in [-0.4, -0.2) is 9.55 Å². The molecule has 2 nitrogen and oxygen atoms in total. The quantitative estimate of drug-likeness (QED) is 0.132. The molecule has 1 aliphatic rings. The highest BCUT2D eigenvalue weighted by Gasteiger charge is 2.22. The topological polar surface area (TPSA) is 17.8 Å². The fourth-order valence-electron chi connectivity index (χ4n) is 11.0. The molecule has 2 heteroatoms. The van der Waals surface area contributed by atoms with Gasteiger partial charge in [0.2, 0.25) is 0 Å². The van der Waals surface area contributed by atoms with Crippen LogP contribution in [0.2, 0.25) is 0 Å². The van der Waals surface area contributed by atoms with Gasteiger partial charge in [0.25, 0.3) is 0 Å². The molecule has 0 saturated carbocycles. The molecule has 0 aliphatic heterocycles. The van der Waals surface area contributed by atoms with E-state index in [1.54, 1.807) is 0 Å². The maximum absolute atomic E-state index is 5.19. The molecule has 0 N–H and O–H groups in total. The van der Waals surface area contributed by atoms with Crippen molar-refractivity contribution >= 4 is 38.2 Å². The Kier molecular flexibility index (Phi) is 10.9. The molecular weight excluding hydrogens is 869 g/mol. The third-order valence-electron chi connectivity index (χ3n) is 14.4. The summed E-state index contributed by atoms with van der Waals surface area (Å²) in [7, 11) is 0. The molecule has 0 spiro atoms. The molecule has 11 aromatic carbocycles. The summed E-state index contributed by atoms with van der Waals surface area (Å²) in [5.74, 6) is 1.39. The van der Waals surface area contributed by atoms with E-state index in [2.05, 4.69) is 278 Å². The Bertz CT molecular complexity index is 3970. The Morgan fingerprint density at radius 1 is 0.361 bits per heavy atom. The summed E-state index contributed by atoms with van der Waals surface area (Å²) >= 11 is 0. The molecule has 1 unspecified atom stereocenters. The second kappa shape index (κ2) is 18.3. The second-order valence-corrected chi connectivity index (χ2v) is 19.2. The lowest BCUT2D eigenvalue weighted by atomic mass is 9.82. The van der Waals surface area contributed by atoms with Gasteiger partial charge >= 0.3 is 0 Å². The molecule has 12 aromatic rings. The van der Waals surface area contributed by atoms with Crippen LogP contribution in [0.1, 0.15) is 18.9 Å². The normalized spacial score (nSPS) is 13.5. The van der Waals surface area contributed by atoms with Gasteiger partial charge < -0.3 is 0 Å². The van der Waals surface area contributed by atoms with Crippen LogP contribution in [0.15, 0.2) is 267 Å². The Labute approximate surface area is 421 Å². The number of hydrogen-bond acceptors (Lipinski definition) is 1. The number of fused-ring (bicyclic) bond motifs is 3. The van der Waals surface area contributed by atoms with Crippen LogP contribution < -0.4 is 0 Å². The van der Waals surface area contributed by atoms with Crippen molar-refractivity contribution < 1.29 is 0 Å². The summed E-state index contributed by atoms with van der Waals surface area (Å²) in [4.78, 5) is 5.19. The lowest BCUT2D eigenvalue weighted by Gasteiger charge is -2.21. The van der Waals surface area contributed by atoms with Gasteiger partial charge in [-0.3, -0.25) is 4.57 Å². The summed E-state index contributed by atoms with van der Waals surface area (Å²) in [5.41, 5.74) is 21.0. The minimum Gasteiger partial charge on any atom is -0.292 e. The molecule has 0 saturated heterocycles. The lowest BCUT2D eigenvalue weighted by molar-refractivity contribution is 0.740. The Hall–Kier alpha value is -9.11. The van der Waals surface area contributed by atoms with Gasteiger partial charge in [-0.05, 0) is 179 Å². The van der Waals surface area contributed by atoms with Crippen molar-refractivity contribution in [2.24, 2.45) is 5.92 Å². The average molecular weight is 919 g/mol. The fourth-order valence-corrected chi connectivity index (χ4v) is 11.0. The van der Waals surface area contributed by atoms with Crippen molar-refractivity contribution in [2.75, 3.05) is 0 Å². The molecule has 0 fully saturated rings. The van der Waals surface area contributed by atoms with Gasteiger partial charge in [-0.15, -0.1) is 0 Å². The molecule has 1 aliphatic carbocycles. The van der Waals surface area contributed by atoms with Gasteiger partial charge in [0.15, 0.2) is 0 Å². The largest absolute Gasteiger partial charge is 0.292 e. The summed E-state index contributed by atoms with van der Waals surface area (Å²) in [5, 5.41) is 4.86. The van der Waals surface area contributed by atoms with Gasteiger partial charge in [0.05, 0.1) is 11.0 Å². The molecule has 0 amide bonds. The molecule has 340 valence electrons. The van der Waals surface area contributed by atoms with E-state index in [4.69, 9.17) is 4.98 Å². The molecule has 0 radical (unpaired) electrons. The van der Waals surface area contributed by atoms with Crippen molar-refractivity contribution in [1.82, 2.24) is 9.55 Å². The fraction of sp³-hybridized carbons (Fsp3) is 0.0429. The Balaban J connectivity index is 1.06. The molecule has 0 bridgehead atoms. The van der Waals surface area contributed by atoms with E-state index in [1.165, 1.54) is 88.3 Å². The van der Waals surface area contributed by atoms with Crippen molar-refractivity contribution in [3.8, 4) is 83.8 Å². The standard InChI is InChI=1S/C70H50N2/c1-47-19-18-26-53(39-47)58-41-57(50-24-10-4-11-25-50)42-59(45-58)68-62-29-14-15-30-63(62)69(60-43-55(48-20-6-2-7-21-48)40-56(44-60)49-22-8-3-9-23-49)65-46-54(37-38-64(65)68)51-33-35-52(36-34-51)70-71-66-31-16-17-32-67(66)72(70)61-27-12-5-13-28-61/h2-18,20-47H,19H2,1H3. The first kappa shape index (κ1) is 43.0. The minimum atomic E-state index is 0.472. The smallest absolute Gasteiger partial charge is 0.145 e. The van der Waals surface area contributed by atoms with Crippen LogP contribution in [0.5, 0.6) is 0 Å². The lowest BCUT2D eigenvalue weighted by Crippen LogP contribution is -1.97. The van der Waals surface area contributed by atoms with Crippen LogP contribution in [0.3, 0.4) is 0 Å². The zero-order valence-corrected chi connectivity index (χ0v) is 40.1. The van der Waals surface area contributed by atoms with Crippen LogP contribution in [-0.2, 0) is 0 Å². The monoisotopic (exact) mass is 918 g/mol. The Morgan fingerprint density at radius 2 is 0.806 bits per heavy atom. The number of hydrogen-bond donors (Lipinski definition) is 0. The van der Waals surface area contributed by atoms with Gasteiger partial charge in [-0.1, -0.05) is 207 Å². The highest BCUT2D eigenvalue weighted by molar-refractivity contribution is 6.22. The summed E-state index contributed by atoms with van der Waals surface area (Å²) in [6.45, 7) is 2.31. The predicted molar refractivity (Wildman–Crippen MR) is 305 cm³/mol. The maximum Gasteiger partial charge on any atom is 0.145 e. The number of nitrogens with zero attached hydrogens (tertiary/aromatic N) is 2. The summed E-state index contributed by atoms with van der Waals surface area (Å²) in [6.07, 6.45) is 8.14. The first-order valence-electron chi connectivity index (χ1n) is 25.1. The summed E-state index contributed by atoms with van der Waals surface area (Å²) in [6, 6.07) is 91.0. The van der Waals surface area contributed by atoms with Gasteiger partial charge in [-0.25, -0.2) is 4.98 Å². The van der Waals surface area contributed by atoms with Crippen molar-refractivity contribution in [3.63, 3.8) is 0 Å². The van der Waals surface area contributed by atoms with E-state index in [0.717, 1.165) is 45.7 Å². The van der Waals surface area contributed by atoms with Crippen molar-refractivity contribution in [3.05, 3.63) is 273 Å². The van der Waals surface area contributed by atoms with E-state index >= 15 is 0 Å². The number of imidazole rings is 1. The van der Waals surface area contributed by atoms with Crippen LogP contribution >= 0.6 is 0 Å². The highest BCUT2D eigenvalue weighted by atomic mass is 15.1. The van der Waals surface area contributed by atoms with E-state index < -0.39 is 0 Å². The van der Waals surface area contributed by atoms with Gasteiger partial charge in [-0.2, -0.15) is 0 Å². The second-order valence-electron chi connectivity index (χ2n) is 19.2. The average Bonchev–Trinajstić information content (AvgIpc) is 3.85. The molecule has 1 aromatic heterocycles. The molecule has 1 atom stereocenters. The first-order chi connectivity index (χ1) is 35.6. The number of allylic oxidation sites excluding steroid dienone is 4. The third-order valence-corrected chi connectivity index (χ3v) is 14.4. The molecule has 72 heavy (non-hydrogen) atoms. The first-order valence-corrected chi connectivity index (χ1v) is 25.1. The number of aromatic nitrogens is 2. The van der Waals surface area contributed by atoms with Crippen molar-refractivity contribution in [2.45, 2.75) is 13.3 Å². The minimum absolute atomic E-state index is 0.472. The SMILES string of the molecule is CC1C=C(c2cc(-c3ccccc3)cc(-c3c4ccccc4c(-c4cc(-c5ccccc5)cc(-c5ccccc5)c4)c4cc(-c5ccc(-c6nc7ccccc7n6-c6ccccc6)cc5)ccc34)c2)C=CC1. The summed E-state index contributed by atoms with van der Waals surface area (Å²) < 4.78 is 2.27. The maximum atomic E-state index is 5.19. The molecule has 13 rings (SSSR count). The molecular formula is C70H50N2. The van der Waals surface area contributed by atoms with Crippen molar-refractivity contribution in [1.29, 1.82) is 0 Å². The number of benzene rings is 11. The third kappa shape index (κ3) is 7.94. The van der Waals surface area contributed by atoms with E-state index in [0.29, 0.717) is 5.92 Å². The number of rotatable bonds is 9. The van der Waals surface area contributed by atoms with Crippen LogP contribution in [0.25, 0.3) is 122 Å². The van der Waals surface area contributed by atoms with Crippen LogP contribution in [0.4, 0.5) is 0 Å². The number of para-hydroxylation sites is 3.